The van der Waals surface area contributed by atoms with E-state index in [4.69, 9.17) is 0 Å². The largest absolute Gasteiger partial charge is 0.468 e. The first-order chi connectivity index (χ1) is 12.5. The third kappa shape index (κ3) is 6.80. The summed E-state index contributed by atoms with van der Waals surface area (Å²) in [7, 11) is 0. The summed E-state index contributed by atoms with van der Waals surface area (Å²) in [5.74, 6) is -0.880. The fourth-order valence-electron chi connectivity index (χ4n) is 2.14. The first-order valence-corrected chi connectivity index (χ1v) is 7.61. The Hall–Kier alpha value is -2.78. The number of halogens is 6. The third-order valence-electron chi connectivity index (χ3n) is 3.32. The highest BCUT2D eigenvalue weighted by molar-refractivity contribution is 5.78. The molecule has 146 valence electrons. The van der Waals surface area contributed by atoms with Crippen LogP contribution in [-0.2, 0) is 23.9 Å². The normalized spacial score (nSPS) is 11.9. The molecule has 1 amide bonds. The standard InChI is InChI=1S/C17H14F6N2O2/c18-16(19,20)10-27-15-12(4-2-6-24-15)9-25-14(26)8-11-3-1-5-13(7-11)17(21,22)23/h1-7H,8-10H2,(H,25,26). The van der Waals surface area contributed by atoms with E-state index in [0.717, 1.165) is 12.1 Å². The summed E-state index contributed by atoms with van der Waals surface area (Å²) in [6, 6.07) is 7.19. The molecule has 0 saturated carbocycles. The molecule has 1 heterocycles. The molecule has 0 saturated heterocycles. The summed E-state index contributed by atoms with van der Waals surface area (Å²) in [6.07, 6.45) is -8.14. The number of pyridine rings is 1. The monoisotopic (exact) mass is 392 g/mol. The third-order valence-corrected chi connectivity index (χ3v) is 3.32. The zero-order valence-corrected chi connectivity index (χ0v) is 13.7. The lowest BCUT2D eigenvalue weighted by atomic mass is 10.1. The Morgan fingerprint density at radius 3 is 2.48 bits per heavy atom. The minimum atomic E-state index is -4.54. The van der Waals surface area contributed by atoms with Crippen LogP contribution in [0.2, 0.25) is 0 Å². The summed E-state index contributed by atoms with van der Waals surface area (Å²) in [6.45, 7) is -1.71. The molecule has 10 heteroatoms. The number of nitrogens with zero attached hydrogens (tertiary/aromatic N) is 1. The fourth-order valence-corrected chi connectivity index (χ4v) is 2.14. The predicted octanol–water partition coefficient (Wildman–Crippen LogP) is 3.90. The summed E-state index contributed by atoms with van der Waals surface area (Å²) in [5.41, 5.74) is -0.510. The second-order valence-electron chi connectivity index (χ2n) is 5.52. The van der Waals surface area contributed by atoms with Crippen molar-refractivity contribution in [3.8, 4) is 5.88 Å². The molecule has 1 aromatic carbocycles. The number of rotatable bonds is 6. The maximum Gasteiger partial charge on any atom is 0.422 e. The van der Waals surface area contributed by atoms with Gasteiger partial charge in [-0.1, -0.05) is 24.3 Å². The van der Waals surface area contributed by atoms with E-state index in [1.54, 1.807) is 0 Å². The molecule has 0 aliphatic rings. The van der Waals surface area contributed by atoms with E-state index in [1.165, 1.54) is 30.5 Å². The number of benzene rings is 1. The van der Waals surface area contributed by atoms with E-state index in [1.807, 2.05) is 0 Å². The highest BCUT2D eigenvalue weighted by Gasteiger charge is 2.30. The summed E-state index contributed by atoms with van der Waals surface area (Å²) in [4.78, 5) is 15.6. The number of carbonyl (C=O) groups is 1. The number of aromatic nitrogens is 1. The van der Waals surface area contributed by atoms with Gasteiger partial charge in [-0.15, -0.1) is 0 Å². The number of ether oxygens (including phenoxy) is 1. The van der Waals surface area contributed by atoms with Gasteiger partial charge in [0.05, 0.1) is 12.0 Å². The molecule has 1 aromatic heterocycles. The molecular formula is C17H14F6N2O2. The zero-order valence-electron chi connectivity index (χ0n) is 13.7. The second-order valence-corrected chi connectivity index (χ2v) is 5.52. The second kappa shape index (κ2) is 8.28. The van der Waals surface area contributed by atoms with Crippen molar-refractivity contribution in [2.45, 2.75) is 25.3 Å². The molecule has 0 unspecified atom stereocenters. The molecule has 0 atom stereocenters. The lowest BCUT2D eigenvalue weighted by Gasteiger charge is -2.13. The molecule has 0 aliphatic carbocycles. The van der Waals surface area contributed by atoms with Gasteiger partial charge in [0.25, 0.3) is 0 Å². The first kappa shape index (κ1) is 20.5. The van der Waals surface area contributed by atoms with Crippen molar-refractivity contribution in [1.29, 1.82) is 0 Å². The molecule has 2 rings (SSSR count). The Bertz CT molecular complexity index is 789. The smallest absolute Gasteiger partial charge is 0.422 e. The van der Waals surface area contributed by atoms with Crippen LogP contribution in [0.1, 0.15) is 16.7 Å². The van der Waals surface area contributed by atoms with Gasteiger partial charge in [-0.2, -0.15) is 26.3 Å². The van der Waals surface area contributed by atoms with Crippen LogP contribution in [-0.4, -0.2) is 23.7 Å². The van der Waals surface area contributed by atoms with Gasteiger partial charge in [-0.3, -0.25) is 4.79 Å². The van der Waals surface area contributed by atoms with Crippen molar-refractivity contribution in [2.24, 2.45) is 0 Å². The van der Waals surface area contributed by atoms with Crippen molar-refractivity contribution in [1.82, 2.24) is 10.3 Å². The van der Waals surface area contributed by atoms with Crippen LogP contribution in [0.15, 0.2) is 42.6 Å². The number of alkyl halides is 6. The van der Waals surface area contributed by atoms with Crippen molar-refractivity contribution >= 4 is 5.91 Å². The molecular weight excluding hydrogens is 378 g/mol. The number of nitrogens with one attached hydrogen (secondary N) is 1. The van der Waals surface area contributed by atoms with Crippen LogP contribution < -0.4 is 10.1 Å². The predicted molar refractivity (Wildman–Crippen MR) is 82.8 cm³/mol. The van der Waals surface area contributed by atoms with E-state index >= 15 is 0 Å². The lowest BCUT2D eigenvalue weighted by Crippen LogP contribution is -2.26. The van der Waals surface area contributed by atoms with E-state index in [0.29, 0.717) is 0 Å². The Morgan fingerprint density at radius 2 is 1.81 bits per heavy atom. The van der Waals surface area contributed by atoms with Gasteiger partial charge in [-0.25, -0.2) is 4.98 Å². The summed E-state index contributed by atoms with van der Waals surface area (Å²) < 4.78 is 79.3. The maximum absolute atomic E-state index is 12.7. The van der Waals surface area contributed by atoms with Crippen molar-refractivity contribution in [3.05, 3.63) is 59.3 Å². The molecule has 0 aliphatic heterocycles. The topological polar surface area (TPSA) is 51.2 Å². The molecule has 4 nitrogen and oxygen atoms in total. The molecule has 0 fully saturated rings. The van der Waals surface area contributed by atoms with Crippen LogP contribution in [0.25, 0.3) is 0 Å². The van der Waals surface area contributed by atoms with E-state index < -0.39 is 30.4 Å². The average Bonchev–Trinajstić information content (AvgIpc) is 2.57. The number of hydrogen-bond acceptors (Lipinski definition) is 3. The van der Waals surface area contributed by atoms with Crippen LogP contribution in [0, 0.1) is 0 Å². The summed E-state index contributed by atoms with van der Waals surface area (Å²) >= 11 is 0. The quantitative estimate of drug-likeness (QED) is 0.759. The van der Waals surface area contributed by atoms with Crippen LogP contribution in [0.4, 0.5) is 26.3 Å². The van der Waals surface area contributed by atoms with E-state index in [-0.39, 0.29) is 30.0 Å². The van der Waals surface area contributed by atoms with Crippen molar-refractivity contribution in [3.63, 3.8) is 0 Å². The van der Waals surface area contributed by atoms with Crippen LogP contribution >= 0.6 is 0 Å². The van der Waals surface area contributed by atoms with Crippen LogP contribution in [0.3, 0.4) is 0 Å². The first-order valence-electron chi connectivity index (χ1n) is 7.61. The minimum Gasteiger partial charge on any atom is -0.468 e. The van der Waals surface area contributed by atoms with E-state index in [9.17, 15) is 31.1 Å². The SMILES string of the molecule is O=C(Cc1cccc(C(F)(F)F)c1)NCc1cccnc1OCC(F)(F)F. The van der Waals surface area contributed by atoms with E-state index in [2.05, 4.69) is 15.0 Å². The van der Waals surface area contributed by atoms with Gasteiger partial charge >= 0.3 is 12.4 Å². The molecule has 27 heavy (non-hydrogen) atoms. The van der Waals surface area contributed by atoms with Gasteiger partial charge in [0.2, 0.25) is 11.8 Å². The van der Waals surface area contributed by atoms with Crippen molar-refractivity contribution < 1.29 is 35.9 Å². The Kier molecular flexibility index (Phi) is 6.29. The van der Waals surface area contributed by atoms with Gasteiger partial charge in [0.15, 0.2) is 6.61 Å². The Labute approximate surface area is 150 Å². The van der Waals surface area contributed by atoms with Gasteiger partial charge in [0.1, 0.15) is 0 Å². The molecule has 1 N–H and O–H groups in total. The molecule has 0 bridgehead atoms. The maximum atomic E-state index is 12.7. The lowest BCUT2D eigenvalue weighted by molar-refractivity contribution is -0.154. The molecule has 0 radical (unpaired) electrons. The number of amides is 1. The Morgan fingerprint density at radius 1 is 1.07 bits per heavy atom. The number of carbonyl (C=O) groups excluding carboxylic acids is 1. The zero-order chi connectivity index (χ0) is 20.1. The van der Waals surface area contributed by atoms with Crippen molar-refractivity contribution in [2.75, 3.05) is 6.61 Å². The van der Waals surface area contributed by atoms with Gasteiger partial charge in [0, 0.05) is 18.3 Å². The van der Waals surface area contributed by atoms with Gasteiger partial charge in [-0.05, 0) is 17.7 Å². The average molecular weight is 392 g/mol. The van der Waals surface area contributed by atoms with Crippen LogP contribution in [0.5, 0.6) is 5.88 Å². The molecule has 2 aromatic rings. The Balaban J connectivity index is 1.96. The fraction of sp³-hybridized carbons (Fsp3) is 0.294. The highest BCUT2D eigenvalue weighted by atomic mass is 19.4. The van der Waals surface area contributed by atoms with Gasteiger partial charge < -0.3 is 10.1 Å². The molecule has 0 spiro atoms. The summed E-state index contributed by atoms with van der Waals surface area (Å²) in [5, 5.41) is 2.42. The number of hydrogen-bond donors (Lipinski definition) is 1. The highest BCUT2D eigenvalue weighted by Crippen LogP contribution is 2.29. The minimum absolute atomic E-state index is 0.155.